The highest BCUT2D eigenvalue weighted by Gasteiger charge is 2.26. The molecule has 6 nitrogen and oxygen atoms in total. The van der Waals surface area contributed by atoms with Gasteiger partial charge in [-0.2, -0.15) is 5.10 Å². The van der Waals surface area contributed by atoms with Gasteiger partial charge in [0.05, 0.1) is 11.2 Å². The number of benzene rings is 1. The molecule has 1 aromatic carbocycles. The van der Waals surface area contributed by atoms with Gasteiger partial charge in [0.2, 0.25) is 0 Å². The number of carboxylic acids is 1. The van der Waals surface area contributed by atoms with Crippen LogP contribution in [0.15, 0.2) is 54.7 Å². The van der Waals surface area contributed by atoms with E-state index < -0.39 is 5.97 Å². The molecule has 0 radical (unpaired) electrons. The van der Waals surface area contributed by atoms with Crippen molar-refractivity contribution in [3.63, 3.8) is 0 Å². The van der Waals surface area contributed by atoms with Gasteiger partial charge in [-0.25, -0.2) is 9.78 Å². The molecule has 4 heterocycles. The molecule has 0 atom stereocenters. The number of carboxylic acid groups (broad SMARTS) is 1. The second kappa shape index (κ2) is 6.02. The maximum absolute atomic E-state index is 11.4. The molecule has 0 saturated carbocycles. The van der Waals surface area contributed by atoms with Gasteiger partial charge >= 0.3 is 5.97 Å². The lowest BCUT2D eigenvalue weighted by Gasteiger charge is -2.09. The van der Waals surface area contributed by atoms with E-state index in [1.807, 2.05) is 41.2 Å². The summed E-state index contributed by atoms with van der Waals surface area (Å²) >= 11 is 0. The summed E-state index contributed by atoms with van der Waals surface area (Å²) < 4.78 is 2.02. The van der Waals surface area contributed by atoms with Gasteiger partial charge in [0.1, 0.15) is 11.4 Å². The van der Waals surface area contributed by atoms with Crippen molar-refractivity contribution in [3.8, 4) is 22.5 Å². The third kappa shape index (κ3) is 2.49. The van der Waals surface area contributed by atoms with E-state index in [2.05, 4.69) is 16.0 Å². The smallest absolute Gasteiger partial charge is 0.354 e. The van der Waals surface area contributed by atoms with Gasteiger partial charge in [0, 0.05) is 29.4 Å². The van der Waals surface area contributed by atoms with E-state index in [0.29, 0.717) is 5.69 Å². The Balaban J connectivity index is 1.80. The lowest BCUT2D eigenvalue weighted by molar-refractivity contribution is 0.0690. The summed E-state index contributed by atoms with van der Waals surface area (Å²) in [6, 6.07) is 15.1. The molecule has 6 heteroatoms. The zero-order chi connectivity index (χ0) is 18.4. The fourth-order valence-electron chi connectivity index (χ4n) is 3.79. The van der Waals surface area contributed by atoms with Gasteiger partial charge in [-0.05, 0) is 42.7 Å². The van der Waals surface area contributed by atoms with Crippen LogP contribution in [0.5, 0.6) is 0 Å². The number of rotatable bonds is 3. The number of para-hydroxylation sites is 1. The molecule has 1 aliphatic heterocycles. The Labute approximate surface area is 155 Å². The number of carbonyl (C=O) groups is 1. The first-order valence-electron chi connectivity index (χ1n) is 8.87. The first-order valence-corrected chi connectivity index (χ1v) is 8.87. The van der Waals surface area contributed by atoms with Crippen LogP contribution in [-0.4, -0.2) is 30.8 Å². The number of aryl methyl sites for hydroxylation is 1. The monoisotopic (exact) mass is 356 g/mol. The molecule has 3 aromatic heterocycles. The molecular formula is C21H16N4O2. The quantitative estimate of drug-likeness (QED) is 0.604. The third-order valence-corrected chi connectivity index (χ3v) is 4.97. The number of hydrogen-bond donors (Lipinski definition) is 1. The largest absolute Gasteiger partial charge is 0.477 e. The average molecular weight is 356 g/mol. The lowest BCUT2D eigenvalue weighted by atomic mass is 9.96. The van der Waals surface area contributed by atoms with Crippen molar-refractivity contribution < 1.29 is 9.90 Å². The maximum atomic E-state index is 11.4. The van der Waals surface area contributed by atoms with Crippen LogP contribution in [0.1, 0.15) is 22.6 Å². The van der Waals surface area contributed by atoms with Crippen molar-refractivity contribution in [2.45, 2.75) is 19.4 Å². The minimum absolute atomic E-state index is 0.0196. The second-order valence-corrected chi connectivity index (χ2v) is 6.59. The molecular weight excluding hydrogens is 340 g/mol. The van der Waals surface area contributed by atoms with Crippen LogP contribution in [0.25, 0.3) is 33.4 Å². The van der Waals surface area contributed by atoms with Crippen LogP contribution in [0, 0.1) is 0 Å². The Morgan fingerprint density at radius 2 is 1.96 bits per heavy atom. The first-order chi connectivity index (χ1) is 13.2. The molecule has 0 unspecified atom stereocenters. The first kappa shape index (κ1) is 15.7. The van der Waals surface area contributed by atoms with Crippen LogP contribution >= 0.6 is 0 Å². The average Bonchev–Trinajstić information content (AvgIpc) is 3.29. The fraction of sp³-hybridized carbons (Fsp3) is 0.143. The topological polar surface area (TPSA) is 80.9 Å². The van der Waals surface area contributed by atoms with E-state index in [0.717, 1.165) is 47.1 Å². The third-order valence-electron chi connectivity index (χ3n) is 4.97. The van der Waals surface area contributed by atoms with Gasteiger partial charge in [-0.15, -0.1) is 0 Å². The number of nitrogens with zero attached hydrogens (tertiary/aromatic N) is 4. The summed E-state index contributed by atoms with van der Waals surface area (Å²) in [7, 11) is 0. The summed E-state index contributed by atoms with van der Waals surface area (Å²) in [6.07, 6.45) is 3.81. The predicted molar refractivity (Wildman–Crippen MR) is 101 cm³/mol. The second-order valence-electron chi connectivity index (χ2n) is 6.59. The predicted octanol–water partition coefficient (Wildman–Crippen LogP) is 3.80. The standard InChI is InChI=1S/C21H16N4O2/c26-21(27)17-8-3-7-16(23-17)20-19(18-9-4-12-25(18)24-20)14-10-11-22-15-6-2-1-5-13(14)15/h1-3,5-8,10-11H,4,9,12H2,(H,26,27). The highest BCUT2D eigenvalue weighted by molar-refractivity contribution is 5.98. The number of aromatic carboxylic acids is 1. The lowest BCUT2D eigenvalue weighted by Crippen LogP contribution is -2.01. The van der Waals surface area contributed by atoms with Crippen molar-refractivity contribution in [2.75, 3.05) is 0 Å². The van der Waals surface area contributed by atoms with Gasteiger partial charge in [0.15, 0.2) is 0 Å². The number of aromatic nitrogens is 4. The van der Waals surface area contributed by atoms with Crippen LogP contribution in [0.4, 0.5) is 0 Å². The Bertz CT molecular complexity index is 1190. The van der Waals surface area contributed by atoms with Crippen molar-refractivity contribution in [3.05, 3.63) is 66.1 Å². The van der Waals surface area contributed by atoms with Crippen LogP contribution in [0.2, 0.25) is 0 Å². The molecule has 0 fully saturated rings. The van der Waals surface area contributed by atoms with E-state index in [9.17, 15) is 9.90 Å². The minimum Gasteiger partial charge on any atom is -0.477 e. The maximum Gasteiger partial charge on any atom is 0.354 e. The summed E-state index contributed by atoms with van der Waals surface area (Å²) in [5.41, 5.74) is 5.50. The summed E-state index contributed by atoms with van der Waals surface area (Å²) in [4.78, 5) is 20.2. The SMILES string of the molecule is O=C(O)c1cccc(-c2nn3c(c2-c2ccnc4ccccc24)CCC3)n1. The Morgan fingerprint density at radius 1 is 1.07 bits per heavy atom. The molecule has 4 aromatic rings. The summed E-state index contributed by atoms with van der Waals surface area (Å²) in [6.45, 7) is 0.865. The minimum atomic E-state index is -1.04. The van der Waals surface area contributed by atoms with Gasteiger partial charge in [-0.3, -0.25) is 9.67 Å². The molecule has 0 amide bonds. The number of fused-ring (bicyclic) bond motifs is 2. The molecule has 0 aliphatic carbocycles. The van der Waals surface area contributed by atoms with Crippen molar-refractivity contribution in [1.82, 2.24) is 19.7 Å². The van der Waals surface area contributed by atoms with Gasteiger partial charge in [-0.1, -0.05) is 24.3 Å². The highest BCUT2D eigenvalue weighted by atomic mass is 16.4. The molecule has 132 valence electrons. The van der Waals surface area contributed by atoms with Crippen molar-refractivity contribution in [1.29, 1.82) is 0 Å². The summed E-state index contributed by atoms with van der Waals surface area (Å²) in [5, 5.41) is 15.1. The zero-order valence-corrected chi connectivity index (χ0v) is 14.5. The highest BCUT2D eigenvalue weighted by Crippen LogP contribution is 2.39. The van der Waals surface area contributed by atoms with Crippen molar-refractivity contribution in [2.24, 2.45) is 0 Å². The molecule has 0 saturated heterocycles. The van der Waals surface area contributed by atoms with Crippen LogP contribution < -0.4 is 0 Å². The number of pyridine rings is 2. The molecule has 1 aliphatic rings. The van der Waals surface area contributed by atoms with E-state index in [1.165, 1.54) is 11.8 Å². The number of hydrogen-bond acceptors (Lipinski definition) is 4. The van der Waals surface area contributed by atoms with E-state index in [-0.39, 0.29) is 5.69 Å². The van der Waals surface area contributed by atoms with Crippen LogP contribution in [0.3, 0.4) is 0 Å². The van der Waals surface area contributed by atoms with Gasteiger partial charge < -0.3 is 5.11 Å². The molecule has 27 heavy (non-hydrogen) atoms. The zero-order valence-electron chi connectivity index (χ0n) is 14.5. The van der Waals surface area contributed by atoms with E-state index >= 15 is 0 Å². The summed E-state index contributed by atoms with van der Waals surface area (Å²) in [5.74, 6) is -1.04. The molecule has 0 spiro atoms. The molecule has 5 rings (SSSR count). The Kier molecular flexibility index (Phi) is 3.50. The molecule has 1 N–H and O–H groups in total. The van der Waals surface area contributed by atoms with Gasteiger partial charge in [0.25, 0.3) is 0 Å². The normalized spacial score (nSPS) is 13.0. The van der Waals surface area contributed by atoms with E-state index in [1.54, 1.807) is 6.07 Å². The van der Waals surface area contributed by atoms with E-state index in [4.69, 9.17) is 5.10 Å². The van der Waals surface area contributed by atoms with Crippen molar-refractivity contribution >= 4 is 16.9 Å². The Morgan fingerprint density at radius 3 is 2.85 bits per heavy atom. The van der Waals surface area contributed by atoms with Crippen LogP contribution in [-0.2, 0) is 13.0 Å². The fourth-order valence-corrected chi connectivity index (χ4v) is 3.79. The molecule has 0 bridgehead atoms. The Hall–Kier alpha value is -3.54.